The van der Waals surface area contributed by atoms with Crippen LogP contribution in [0.2, 0.25) is 5.02 Å². The first-order chi connectivity index (χ1) is 13.5. The van der Waals surface area contributed by atoms with Crippen LogP contribution in [0.4, 0.5) is 5.69 Å². The van der Waals surface area contributed by atoms with Gasteiger partial charge in [0.2, 0.25) is 5.91 Å². The molecule has 1 N–H and O–H groups in total. The van der Waals surface area contributed by atoms with Gasteiger partial charge < -0.3 is 20.1 Å². The quantitative estimate of drug-likeness (QED) is 0.782. The Labute approximate surface area is 168 Å². The van der Waals surface area contributed by atoms with Gasteiger partial charge in [-0.05, 0) is 55.7 Å². The Bertz CT molecular complexity index is 847. The molecule has 2 aliphatic carbocycles. The molecule has 0 unspecified atom stereocenters. The second kappa shape index (κ2) is 7.59. The number of amides is 2. The molecular weight excluding hydrogens is 380 g/mol. The molecule has 3 aliphatic rings. The molecule has 7 heteroatoms. The van der Waals surface area contributed by atoms with Crippen LogP contribution in [-0.2, 0) is 9.59 Å². The molecule has 6 nitrogen and oxygen atoms in total. The summed E-state index contributed by atoms with van der Waals surface area (Å²) in [5, 5.41) is 14.5. The third-order valence-corrected chi connectivity index (χ3v) is 6.46. The standard InChI is InChI=1S/C21H23ClN2O4/c22-16-11-14(6-7-15(16)20(26)24-8-2-1-3-9-24)23-19(25)17-12-4-5-13(10-12)18(17)21(27)28/h4-7,11-13,17-18H,1-3,8-10H2,(H,23,25)(H,27,28)/p-1/t12-,13+,17-,18+/m1/s1. The van der Waals surface area contributed by atoms with E-state index in [-0.39, 0.29) is 28.7 Å². The Balaban J connectivity index is 1.47. The lowest BCUT2D eigenvalue weighted by Crippen LogP contribution is -2.42. The van der Waals surface area contributed by atoms with Crippen LogP contribution in [0.3, 0.4) is 0 Å². The molecule has 1 saturated heterocycles. The molecule has 1 aliphatic heterocycles. The molecule has 2 amide bonds. The van der Waals surface area contributed by atoms with Crippen molar-refractivity contribution in [2.45, 2.75) is 25.7 Å². The predicted octanol–water partition coefficient (Wildman–Crippen LogP) is 2.09. The molecule has 2 fully saturated rings. The number of piperidine rings is 1. The fourth-order valence-corrected chi connectivity index (χ4v) is 5.02. The molecular formula is C21H22ClN2O4-. The first-order valence-electron chi connectivity index (χ1n) is 9.74. The van der Waals surface area contributed by atoms with E-state index in [1.807, 2.05) is 12.2 Å². The van der Waals surface area contributed by atoms with E-state index < -0.39 is 17.8 Å². The summed E-state index contributed by atoms with van der Waals surface area (Å²) in [7, 11) is 0. The number of aliphatic carboxylic acids is 1. The van der Waals surface area contributed by atoms with Gasteiger partial charge in [0.25, 0.3) is 5.91 Å². The predicted molar refractivity (Wildman–Crippen MR) is 103 cm³/mol. The van der Waals surface area contributed by atoms with E-state index in [9.17, 15) is 19.5 Å². The SMILES string of the molecule is O=C([O-])[C@@H]1[C@H](C(=O)Nc2ccc(C(=O)N3CCCCC3)c(Cl)c2)[C@@H]2C=C[C@H]1C2. The van der Waals surface area contributed by atoms with Crippen molar-refractivity contribution >= 4 is 35.1 Å². The van der Waals surface area contributed by atoms with Crippen LogP contribution in [0.5, 0.6) is 0 Å². The molecule has 1 aromatic rings. The number of anilines is 1. The Morgan fingerprint density at radius 3 is 2.36 bits per heavy atom. The van der Waals surface area contributed by atoms with E-state index in [0.29, 0.717) is 17.7 Å². The second-order valence-corrected chi connectivity index (χ2v) is 8.26. The van der Waals surface area contributed by atoms with Crippen LogP contribution in [0, 0.1) is 23.7 Å². The minimum absolute atomic E-state index is 0.0803. The van der Waals surface area contributed by atoms with Gasteiger partial charge in [0.1, 0.15) is 0 Å². The summed E-state index contributed by atoms with van der Waals surface area (Å²) in [6.07, 6.45) is 7.58. The Hall–Kier alpha value is -2.34. The van der Waals surface area contributed by atoms with Gasteiger partial charge in [-0.2, -0.15) is 0 Å². The number of nitrogens with zero attached hydrogens (tertiary/aromatic N) is 1. The van der Waals surface area contributed by atoms with E-state index in [1.54, 1.807) is 23.1 Å². The highest BCUT2D eigenvalue weighted by Crippen LogP contribution is 2.48. The fraction of sp³-hybridized carbons (Fsp3) is 0.476. The van der Waals surface area contributed by atoms with Gasteiger partial charge in [-0.3, -0.25) is 9.59 Å². The first-order valence-corrected chi connectivity index (χ1v) is 10.1. The van der Waals surface area contributed by atoms with Crippen molar-refractivity contribution in [3.8, 4) is 0 Å². The summed E-state index contributed by atoms with van der Waals surface area (Å²) in [6.45, 7) is 1.46. The minimum Gasteiger partial charge on any atom is -0.550 e. The molecule has 0 radical (unpaired) electrons. The van der Waals surface area contributed by atoms with Gasteiger partial charge in [-0.25, -0.2) is 0 Å². The summed E-state index contributed by atoms with van der Waals surface area (Å²) < 4.78 is 0. The third-order valence-electron chi connectivity index (χ3n) is 6.14. The highest BCUT2D eigenvalue weighted by molar-refractivity contribution is 6.34. The first kappa shape index (κ1) is 19.0. The van der Waals surface area contributed by atoms with Gasteiger partial charge in [-0.1, -0.05) is 23.8 Å². The number of carbonyl (C=O) groups excluding carboxylic acids is 3. The van der Waals surface area contributed by atoms with Gasteiger partial charge >= 0.3 is 0 Å². The van der Waals surface area contributed by atoms with Crippen LogP contribution >= 0.6 is 11.6 Å². The molecule has 2 bridgehead atoms. The normalized spacial score (nSPS) is 28.4. The van der Waals surface area contributed by atoms with Crippen LogP contribution in [0.1, 0.15) is 36.0 Å². The van der Waals surface area contributed by atoms with Crippen LogP contribution in [-0.4, -0.2) is 35.8 Å². The van der Waals surface area contributed by atoms with Crippen molar-refractivity contribution in [1.82, 2.24) is 4.90 Å². The van der Waals surface area contributed by atoms with E-state index in [1.165, 1.54) is 0 Å². The summed E-state index contributed by atoms with van der Waals surface area (Å²) >= 11 is 6.31. The summed E-state index contributed by atoms with van der Waals surface area (Å²) in [5.41, 5.74) is 0.867. The largest absolute Gasteiger partial charge is 0.550 e. The van der Waals surface area contributed by atoms with Crippen molar-refractivity contribution < 1.29 is 19.5 Å². The summed E-state index contributed by atoms with van der Waals surface area (Å²) in [5.74, 6) is -3.30. The Morgan fingerprint density at radius 1 is 1.04 bits per heavy atom. The fourth-order valence-electron chi connectivity index (χ4n) is 4.76. The molecule has 28 heavy (non-hydrogen) atoms. The maximum Gasteiger partial charge on any atom is 0.255 e. The number of carbonyl (C=O) groups is 3. The van der Waals surface area contributed by atoms with E-state index in [0.717, 1.165) is 32.4 Å². The van der Waals surface area contributed by atoms with Crippen LogP contribution in [0.25, 0.3) is 0 Å². The maximum atomic E-state index is 12.7. The monoisotopic (exact) mass is 401 g/mol. The van der Waals surface area contributed by atoms with Crippen LogP contribution in [0.15, 0.2) is 30.4 Å². The lowest BCUT2D eigenvalue weighted by Gasteiger charge is -2.28. The van der Waals surface area contributed by atoms with Crippen molar-refractivity contribution in [1.29, 1.82) is 0 Å². The molecule has 4 rings (SSSR count). The van der Waals surface area contributed by atoms with Gasteiger partial charge in [-0.15, -0.1) is 0 Å². The number of hydrogen-bond donors (Lipinski definition) is 1. The zero-order valence-electron chi connectivity index (χ0n) is 15.4. The van der Waals surface area contributed by atoms with Crippen LogP contribution < -0.4 is 10.4 Å². The number of likely N-dealkylation sites (tertiary alicyclic amines) is 1. The van der Waals surface area contributed by atoms with Crippen molar-refractivity contribution in [3.05, 3.63) is 40.9 Å². The lowest BCUT2D eigenvalue weighted by molar-refractivity contribution is -0.313. The second-order valence-electron chi connectivity index (χ2n) is 7.86. The number of halogens is 1. The topological polar surface area (TPSA) is 89.5 Å². The van der Waals surface area contributed by atoms with Crippen molar-refractivity contribution in [2.75, 3.05) is 18.4 Å². The number of fused-ring (bicyclic) bond motifs is 2. The zero-order chi connectivity index (χ0) is 19.8. The molecule has 148 valence electrons. The number of carboxylic acid groups (broad SMARTS) is 1. The minimum atomic E-state index is -1.18. The molecule has 0 aromatic heterocycles. The number of carboxylic acids is 1. The molecule has 4 atom stereocenters. The molecule has 0 spiro atoms. The number of hydrogen-bond acceptors (Lipinski definition) is 4. The highest BCUT2D eigenvalue weighted by atomic mass is 35.5. The lowest BCUT2D eigenvalue weighted by atomic mass is 9.82. The average molecular weight is 402 g/mol. The smallest absolute Gasteiger partial charge is 0.255 e. The summed E-state index contributed by atoms with van der Waals surface area (Å²) in [4.78, 5) is 38.7. The van der Waals surface area contributed by atoms with Gasteiger partial charge in [0.15, 0.2) is 0 Å². The number of benzene rings is 1. The zero-order valence-corrected chi connectivity index (χ0v) is 16.2. The number of allylic oxidation sites excluding steroid dienone is 2. The van der Waals surface area contributed by atoms with Crippen molar-refractivity contribution in [3.63, 3.8) is 0 Å². The molecule has 1 saturated carbocycles. The van der Waals surface area contributed by atoms with Gasteiger partial charge in [0, 0.05) is 30.7 Å². The maximum absolute atomic E-state index is 12.7. The highest BCUT2D eigenvalue weighted by Gasteiger charge is 2.48. The van der Waals surface area contributed by atoms with E-state index >= 15 is 0 Å². The van der Waals surface area contributed by atoms with E-state index in [2.05, 4.69) is 5.32 Å². The summed E-state index contributed by atoms with van der Waals surface area (Å²) in [6, 6.07) is 4.80. The Kier molecular flexibility index (Phi) is 5.15. The molecule has 1 aromatic carbocycles. The van der Waals surface area contributed by atoms with E-state index in [4.69, 9.17) is 11.6 Å². The Morgan fingerprint density at radius 2 is 1.71 bits per heavy atom. The average Bonchev–Trinajstić information content (AvgIpc) is 3.30. The third kappa shape index (κ3) is 3.41. The van der Waals surface area contributed by atoms with Crippen molar-refractivity contribution in [2.24, 2.45) is 23.7 Å². The van der Waals surface area contributed by atoms with Gasteiger partial charge in [0.05, 0.1) is 16.5 Å². The number of rotatable bonds is 4. The molecule has 1 heterocycles. The number of nitrogens with one attached hydrogen (secondary N) is 1.